The maximum atomic E-state index is 13.0. The van der Waals surface area contributed by atoms with E-state index in [4.69, 9.17) is 4.74 Å². The number of aliphatic carboxylic acids is 1. The van der Waals surface area contributed by atoms with E-state index in [0.29, 0.717) is 37.1 Å². The van der Waals surface area contributed by atoms with Crippen LogP contribution in [0.1, 0.15) is 30.6 Å². The van der Waals surface area contributed by atoms with Crippen molar-refractivity contribution in [1.29, 1.82) is 0 Å². The van der Waals surface area contributed by atoms with Crippen LogP contribution in [0.5, 0.6) is 5.88 Å². The number of carboxylic acids is 1. The highest BCUT2D eigenvalue weighted by Crippen LogP contribution is 2.52. The number of anilines is 2. The van der Waals surface area contributed by atoms with Crippen molar-refractivity contribution in [1.82, 2.24) is 4.98 Å². The Kier molecular flexibility index (Phi) is 6.57. The molecular formula is C23H28BN3O6. The molecule has 0 bridgehead atoms. The highest BCUT2D eigenvalue weighted by atomic mass is 16.5. The lowest BCUT2D eigenvalue weighted by molar-refractivity contribution is -0.139. The second-order valence-electron chi connectivity index (χ2n) is 9.10. The molecule has 1 aliphatic carbocycles. The number of piperidine rings is 1. The number of amides is 1. The number of nitrogens with one attached hydrogen (secondary N) is 1. The first-order chi connectivity index (χ1) is 15.7. The quantitative estimate of drug-likeness (QED) is 0.417. The van der Waals surface area contributed by atoms with Gasteiger partial charge in [-0.25, -0.2) is 0 Å². The molecule has 1 aromatic carbocycles. The molecule has 1 saturated heterocycles. The van der Waals surface area contributed by atoms with Crippen LogP contribution in [0.25, 0.3) is 0 Å². The molecule has 1 aliphatic heterocycles. The van der Waals surface area contributed by atoms with Gasteiger partial charge in [0.25, 0.3) is 5.91 Å². The van der Waals surface area contributed by atoms with E-state index >= 15 is 0 Å². The number of ether oxygens (including phenoxy) is 1. The summed E-state index contributed by atoms with van der Waals surface area (Å²) in [5, 5.41) is 30.7. The van der Waals surface area contributed by atoms with Gasteiger partial charge in [0.15, 0.2) is 0 Å². The number of hydrogen-bond donors (Lipinski definition) is 4. The van der Waals surface area contributed by atoms with Gasteiger partial charge < -0.3 is 30.1 Å². The zero-order valence-corrected chi connectivity index (χ0v) is 18.6. The molecule has 4 rings (SSSR count). The second-order valence-corrected chi connectivity index (χ2v) is 9.10. The van der Waals surface area contributed by atoms with Crippen LogP contribution in [-0.2, 0) is 4.79 Å². The maximum absolute atomic E-state index is 13.0. The monoisotopic (exact) mass is 453 g/mol. The zero-order valence-electron chi connectivity index (χ0n) is 18.6. The lowest BCUT2D eigenvalue weighted by atomic mass is 9.80. The predicted molar refractivity (Wildman–Crippen MR) is 124 cm³/mol. The number of rotatable bonds is 9. The normalized spacial score (nSPS) is 21.0. The van der Waals surface area contributed by atoms with Crippen molar-refractivity contribution in [2.24, 2.45) is 23.7 Å². The minimum Gasteiger partial charge on any atom is -0.481 e. The summed E-state index contributed by atoms with van der Waals surface area (Å²) in [6.07, 6.45) is 0.803. The molecule has 1 saturated carbocycles. The molecule has 3 atom stereocenters. The molecule has 2 heterocycles. The van der Waals surface area contributed by atoms with E-state index in [-0.39, 0.29) is 34.7 Å². The number of fused-ring (bicyclic) bond motifs is 1. The van der Waals surface area contributed by atoms with Gasteiger partial charge in [0, 0.05) is 18.8 Å². The molecule has 4 N–H and O–H groups in total. The Morgan fingerprint density at radius 3 is 2.58 bits per heavy atom. The molecular weight excluding hydrogens is 425 g/mol. The third kappa shape index (κ3) is 5.12. The smallest absolute Gasteiger partial charge is 0.481 e. The van der Waals surface area contributed by atoms with Crippen LogP contribution in [0.15, 0.2) is 36.4 Å². The van der Waals surface area contributed by atoms with Crippen molar-refractivity contribution < 1.29 is 29.5 Å². The molecule has 1 unspecified atom stereocenters. The van der Waals surface area contributed by atoms with E-state index in [1.807, 2.05) is 4.90 Å². The fourth-order valence-corrected chi connectivity index (χ4v) is 4.34. The number of pyridine rings is 1. The first kappa shape index (κ1) is 23.1. The third-order valence-electron chi connectivity index (χ3n) is 6.27. The number of carbonyl (C=O) groups excluding carboxylic acids is 1. The van der Waals surface area contributed by atoms with E-state index in [0.717, 1.165) is 6.42 Å². The molecule has 2 aromatic rings. The van der Waals surface area contributed by atoms with Crippen molar-refractivity contribution in [3.8, 4) is 5.88 Å². The second kappa shape index (κ2) is 9.40. The minimum absolute atomic E-state index is 0.145. The van der Waals surface area contributed by atoms with Gasteiger partial charge in [-0.1, -0.05) is 26.0 Å². The highest BCUT2D eigenvalue weighted by Gasteiger charge is 2.60. The SMILES string of the molecule is CC(C)CCOc1nc(N2C[C@@H]3C(C(=O)O)[C@@H]3C2)ccc1C(=O)Nc1cccc(B(O)O)c1. The van der Waals surface area contributed by atoms with Gasteiger partial charge in [-0.15, -0.1) is 0 Å². The predicted octanol–water partition coefficient (Wildman–Crippen LogP) is 1.21. The van der Waals surface area contributed by atoms with Crippen LogP contribution in [0, 0.1) is 23.7 Å². The van der Waals surface area contributed by atoms with Crippen LogP contribution >= 0.6 is 0 Å². The van der Waals surface area contributed by atoms with Crippen LogP contribution in [0.2, 0.25) is 0 Å². The van der Waals surface area contributed by atoms with Gasteiger partial charge >= 0.3 is 13.1 Å². The largest absolute Gasteiger partial charge is 0.488 e. The van der Waals surface area contributed by atoms with Crippen LogP contribution in [0.3, 0.4) is 0 Å². The first-order valence-electron chi connectivity index (χ1n) is 11.1. The summed E-state index contributed by atoms with van der Waals surface area (Å²) in [6.45, 7) is 5.83. The van der Waals surface area contributed by atoms with Gasteiger partial charge in [0.2, 0.25) is 5.88 Å². The number of hydrogen-bond acceptors (Lipinski definition) is 7. The van der Waals surface area contributed by atoms with Crippen molar-refractivity contribution in [3.05, 3.63) is 42.0 Å². The number of carbonyl (C=O) groups is 2. The Balaban J connectivity index is 1.52. The summed E-state index contributed by atoms with van der Waals surface area (Å²) in [4.78, 5) is 30.9. The summed E-state index contributed by atoms with van der Waals surface area (Å²) in [7, 11) is -1.63. The average Bonchev–Trinajstić information content (AvgIpc) is 3.28. The summed E-state index contributed by atoms with van der Waals surface area (Å²) in [6, 6.07) is 9.71. The molecule has 9 nitrogen and oxygen atoms in total. The van der Waals surface area contributed by atoms with Gasteiger partial charge in [-0.05, 0) is 53.9 Å². The Labute approximate surface area is 192 Å². The number of aromatic nitrogens is 1. The van der Waals surface area contributed by atoms with Crippen molar-refractivity contribution >= 4 is 36.0 Å². The first-order valence-corrected chi connectivity index (χ1v) is 11.1. The summed E-state index contributed by atoms with van der Waals surface area (Å²) >= 11 is 0. The van der Waals surface area contributed by atoms with E-state index in [2.05, 4.69) is 24.1 Å². The van der Waals surface area contributed by atoms with Crippen molar-refractivity contribution in [2.75, 3.05) is 29.9 Å². The third-order valence-corrected chi connectivity index (χ3v) is 6.27. The molecule has 2 fully saturated rings. The lowest BCUT2D eigenvalue weighted by Crippen LogP contribution is -2.30. The average molecular weight is 453 g/mol. The molecule has 1 amide bonds. The molecule has 0 spiro atoms. The Morgan fingerprint density at radius 1 is 1.21 bits per heavy atom. The highest BCUT2D eigenvalue weighted by molar-refractivity contribution is 6.58. The van der Waals surface area contributed by atoms with Crippen molar-refractivity contribution in [3.63, 3.8) is 0 Å². The summed E-state index contributed by atoms with van der Waals surface area (Å²) in [5.74, 6) is 0.178. The molecule has 10 heteroatoms. The molecule has 174 valence electrons. The number of benzene rings is 1. The number of carboxylic acid groups (broad SMARTS) is 1. The topological polar surface area (TPSA) is 132 Å². The minimum atomic E-state index is -1.63. The Hall–Kier alpha value is -3.11. The lowest BCUT2D eigenvalue weighted by Gasteiger charge is -2.22. The Bertz CT molecular complexity index is 1030. The molecule has 2 aliphatic rings. The van der Waals surface area contributed by atoms with Gasteiger partial charge in [-0.2, -0.15) is 4.98 Å². The van der Waals surface area contributed by atoms with E-state index in [9.17, 15) is 24.7 Å². The van der Waals surface area contributed by atoms with Crippen LogP contribution in [-0.4, -0.2) is 58.8 Å². The van der Waals surface area contributed by atoms with Gasteiger partial charge in [-0.3, -0.25) is 9.59 Å². The van der Waals surface area contributed by atoms with Crippen molar-refractivity contribution in [2.45, 2.75) is 20.3 Å². The molecule has 1 aromatic heterocycles. The van der Waals surface area contributed by atoms with Gasteiger partial charge in [0.05, 0.1) is 12.5 Å². The zero-order chi connectivity index (χ0) is 23.7. The molecule has 33 heavy (non-hydrogen) atoms. The Morgan fingerprint density at radius 2 is 1.94 bits per heavy atom. The maximum Gasteiger partial charge on any atom is 0.488 e. The fraction of sp³-hybridized carbons (Fsp3) is 0.435. The van der Waals surface area contributed by atoms with E-state index in [1.165, 1.54) is 6.07 Å². The fourth-order valence-electron chi connectivity index (χ4n) is 4.34. The van der Waals surface area contributed by atoms with Crippen LogP contribution in [0.4, 0.5) is 11.5 Å². The summed E-state index contributed by atoms with van der Waals surface area (Å²) in [5.41, 5.74) is 0.953. The number of nitrogens with zero attached hydrogens (tertiary/aromatic N) is 2. The molecule has 0 radical (unpaired) electrons. The van der Waals surface area contributed by atoms with Crippen LogP contribution < -0.4 is 20.4 Å². The van der Waals surface area contributed by atoms with E-state index in [1.54, 1.807) is 30.3 Å². The van der Waals surface area contributed by atoms with Gasteiger partial charge in [0.1, 0.15) is 11.4 Å². The van der Waals surface area contributed by atoms with E-state index < -0.39 is 19.0 Å². The standard InChI is InChI=1S/C23H28BN3O6/c1-13(2)8-9-33-22-16(21(28)25-15-5-3-4-14(10-15)24(31)32)6-7-19(26-22)27-11-17-18(12-27)20(17)23(29)30/h3-7,10,13,17-18,20,31-32H,8-9,11-12H2,1-2H3,(H,25,28)(H,29,30)/t17-,18+,20?. The summed E-state index contributed by atoms with van der Waals surface area (Å²) < 4.78 is 5.89.